The molecule has 0 heterocycles. The number of unbranched alkanes of at least 4 members (excludes halogenated alkanes) is 1. The van der Waals surface area contributed by atoms with Gasteiger partial charge in [-0.3, -0.25) is 0 Å². The zero-order chi connectivity index (χ0) is 5.70. The van der Waals surface area contributed by atoms with Crippen LogP contribution < -0.4 is 0 Å². The summed E-state index contributed by atoms with van der Waals surface area (Å²) >= 11 is 0. The van der Waals surface area contributed by atoms with Crippen LogP contribution in [0.3, 0.4) is 0 Å². The van der Waals surface area contributed by atoms with Gasteiger partial charge >= 0.3 is 0 Å². The van der Waals surface area contributed by atoms with Crippen LogP contribution in [0.4, 0.5) is 0 Å². The molecule has 0 nitrogen and oxygen atoms in total. The highest BCUT2D eigenvalue weighted by Crippen LogP contribution is 1.98. The Morgan fingerprint density at radius 3 is 1.88 bits per heavy atom. The van der Waals surface area contributed by atoms with Crippen molar-refractivity contribution in [2.45, 2.75) is 38.9 Å². The summed E-state index contributed by atoms with van der Waals surface area (Å²) < 4.78 is 0. The van der Waals surface area contributed by atoms with E-state index in [2.05, 4.69) is 20.0 Å². The van der Waals surface area contributed by atoms with Gasteiger partial charge in [-0.05, 0) is 0 Å². The van der Waals surface area contributed by atoms with E-state index in [1.54, 1.807) is 0 Å². The molecule has 0 aliphatic heterocycles. The maximum atomic E-state index is 2.41. The first-order valence-electron chi connectivity index (χ1n) is 3.27. The van der Waals surface area contributed by atoms with Crippen molar-refractivity contribution in [1.29, 1.82) is 0 Å². The standard InChI is InChI=1S/C6H16Si.BrH/c1-4-5-6-7(2)3;/h7H,4-6H2,1-3H3;1H. The van der Waals surface area contributed by atoms with Crippen LogP contribution in [-0.2, 0) is 0 Å². The van der Waals surface area contributed by atoms with Crippen LogP contribution in [0, 0.1) is 0 Å². The Kier molecular flexibility index (Phi) is 11.1. The van der Waals surface area contributed by atoms with Crippen molar-refractivity contribution in [2.75, 3.05) is 0 Å². The minimum atomic E-state index is -0.188. The van der Waals surface area contributed by atoms with E-state index in [1.165, 1.54) is 18.9 Å². The second kappa shape index (κ2) is 7.70. The molecule has 0 aromatic heterocycles. The largest absolute Gasteiger partial charge is 0.114 e. The molecule has 0 fully saturated rings. The number of hydrogen-bond donors (Lipinski definition) is 0. The molecule has 0 aliphatic rings. The second-order valence-corrected chi connectivity index (χ2v) is 5.90. The fourth-order valence-electron chi connectivity index (χ4n) is 0.612. The first-order chi connectivity index (χ1) is 3.27. The topological polar surface area (TPSA) is 0 Å². The summed E-state index contributed by atoms with van der Waals surface area (Å²) in [6.45, 7) is 7.09. The first kappa shape index (κ1) is 11.5. The van der Waals surface area contributed by atoms with Gasteiger partial charge in [0.25, 0.3) is 0 Å². The molecule has 0 rings (SSSR count). The molecule has 0 spiro atoms. The summed E-state index contributed by atoms with van der Waals surface area (Å²) in [6, 6.07) is 1.54. The highest BCUT2D eigenvalue weighted by molar-refractivity contribution is 8.93. The number of halogens is 1. The zero-order valence-corrected chi connectivity index (χ0v) is 8.97. The SMILES string of the molecule is Br.CCCC[SiH](C)C. The van der Waals surface area contributed by atoms with Crippen LogP contribution in [0.5, 0.6) is 0 Å². The molecule has 0 atom stereocenters. The Balaban J connectivity index is 0. The number of rotatable bonds is 3. The molecule has 0 amide bonds. The Hall–Kier alpha value is 0.697. The second-order valence-electron chi connectivity index (χ2n) is 2.54. The third-order valence-corrected chi connectivity index (χ3v) is 2.70. The van der Waals surface area contributed by atoms with Crippen molar-refractivity contribution in [1.82, 2.24) is 0 Å². The fourth-order valence-corrected chi connectivity index (χ4v) is 1.84. The molecule has 0 aromatic rings. The van der Waals surface area contributed by atoms with Gasteiger partial charge in [-0.15, -0.1) is 17.0 Å². The van der Waals surface area contributed by atoms with Gasteiger partial charge in [0, 0.05) is 8.80 Å². The van der Waals surface area contributed by atoms with E-state index in [0.717, 1.165) is 0 Å². The molecule has 2 heteroatoms. The lowest BCUT2D eigenvalue weighted by Gasteiger charge is -1.97. The predicted molar refractivity (Wildman–Crippen MR) is 48.9 cm³/mol. The van der Waals surface area contributed by atoms with Crippen LogP contribution >= 0.6 is 17.0 Å². The third-order valence-electron chi connectivity index (χ3n) is 1.14. The van der Waals surface area contributed by atoms with Crippen LogP contribution in [0.25, 0.3) is 0 Å². The Morgan fingerprint density at radius 1 is 1.25 bits per heavy atom. The lowest BCUT2D eigenvalue weighted by Crippen LogP contribution is -1.96. The lowest BCUT2D eigenvalue weighted by atomic mass is 10.4. The van der Waals surface area contributed by atoms with Gasteiger partial charge < -0.3 is 0 Å². The van der Waals surface area contributed by atoms with E-state index in [-0.39, 0.29) is 25.8 Å². The highest BCUT2D eigenvalue weighted by atomic mass is 79.9. The van der Waals surface area contributed by atoms with E-state index < -0.39 is 0 Å². The molecule has 8 heavy (non-hydrogen) atoms. The van der Waals surface area contributed by atoms with Gasteiger partial charge in [0.1, 0.15) is 0 Å². The lowest BCUT2D eigenvalue weighted by molar-refractivity contribution is 0.875. The minimum absolute atomic E-state index is 0. The maximum Gasteiger partial charge on any atom is 0.0305 e. The van der Waals surface area contributed by atoms with E-state index in [9.17, 15) is 0 Å². The average molecular weight is 197 g/mol. The van der Waals surface area contributed by atoms with Crippen molar-refractivity contribution in [3.8, 4) is 0 Å². The van der Waals surface area contributed by atoms with Crippen molar-refractivity contribution < 1.29 is 0 Å². The van der Waals surface area contributed by atoms with Gasteiger partial charge in [-0.1, -0.05) is 38.9 Å². The molecular formula is C6H17BrSi. The van der Waals surface area contributed by atoms with Crippen molar-refractivity contribution in [2.24, 2.45) is 0 Å². The molecule has 0 bridgehead atoms. The Labute approximate surface area is 65.1 Å². The van der Waals surface area contributed by atoms with Crippen molar-refractivity contribution >= 4 is 25.8 Å². The van der Waals surface area contributed by atoms with Crippen LogP contribution in [0.2, 0.25) is 19.1 Å². The summed E-state index contributed by atoms with van der Waals surface area (Å²) in [4.78, 5) is 0. The monoisotopic (exact) mass is 196 g/mol. The summed E-state index contributed by atoms with van der Waals surface area (Å²) in [5.41, 5.74) is 0. The molecule has 0 saturated carbocycles. The fraction of sp³-hybridized carbons (Fsp3) is 1.00. The van der Waals surface area contributed by atoms with Gasteiger partial charge in [0.05, 0.1) is 0 Å². The Bertz CT molecular complexity index is 37.5. The predicted octanol–water partition coefficient (Wildman–Crippen LogP) is 2.85. The minimum Gasteiger partial charge on any atom is -0.114 e. The maximum absolute atomic E-state index is 2.41. The smallest absolute Gasteiger partial charge is 0.0305 e. The summed E-state index contributed by atoms with van der Waals surface area (Å²) in [5.74, 6) is 0. The van der Waals surface area contributed by atoms with Gasteiger partial charge in [-0.2, -0.15) is 0 Å². The Morgan fingerprint density at radius 2 is 1.75 bits per heavy atom. The normalized spacial score (nSPS) is 9.00. The van der Waals surface area contributed by atoms with Crippen LogP contribution in [0.15, 0.2) is 0 Å². The molecule has 0 aromatic carbocycles. The summed E-state index contributed by atoms with van der Waals surface area (Å²) in [7, 11) is -0.188. The van der Waals surface area contributed by atoms with Crippen molar-refractivity contribution in [3.63, 3.8) is 0 Å². The highest BCUT2D eigenvalue weighted by Gasteiger charge is 1.90. The molecule has 0 saturated heterocycles. The summed E-state index contributed by atoms with van der Waals surface area (Å²) in [5, 5.41) is 0. The first-order valence-corrected chi connectivity index (χ1v) is 6.40. The van der Waals surface area contributed by atoms with E-state index in [4.69, 9.17) is 0 Å². The average Bonchev–Trinajstić information content (AvgIpc) is 1.61. The number of hydrogen-bond acceptors (Lipinski definition) is 0. The molecular weight excluding hydrogens is 180 g/mol. The quantitative estimate of drug-likeness (QED) is 0.610. The summed E-state index contributed by atoms with van der Waals surface area (Å²) in [6.07, 6.45) is 2.84. The van der Waals surface area contributed by atoms with E-state index >= 15 is 0 Å². The molecule has 0 aliphatic carbocycles. The van der Waals surface area contributed by atoms with E-state index in [0.29, 0.717) is 0 Å². The molecule has 0 radical (unpaired) electrons. The molecule has 0 unspecified atom stereocenters. The van der Waals surface area contributed by atoms with Gasteiger partial charge in [0.2, 0.25) is 0 Å². The molecule has 52 valence electrons. The van der Waals surface area contributed by atoms with E-state index in [1.807, 2.05) is 0 Å². The third kappa shape index (κ3) is 9.85. The van der Waals surface area contributed by atoms with Crippen molar-refractivity contribution in [3.05, 3.63) is 0 Å². The van der Waals surface area contributed by atoms with Crippen LogP contribution in [0.1, 0.15) is 19.8 Å². The zero-order valence-electron chi connectivity index (χ0n) is 6.11. The molecule has 0 N–H and O–H groups in total. The van der Waals surface area contributed by atoms with Crippen LogP contribution in [-0.4, -0.2) is 8.80 Å². The van der Waals surface area contributed by atoms with Gasteiger partial charge in [0.15, 0.2) is 0 Å². The van der Waals surface area contributed by atoms with Gasteiger partial charge in [-0.25, -0.2) is 0 Å².